The van der Waals surface area contributed by atoms with Crippen LogP contribution in [0.1, 0.15) is 42.5 Å². The van der Waals surface area contributed by atoms with Crippen LogP contribution in [0.2, 0.25) is 0 Å². The predicted molar refractivity (Wildman–Crippen MR) is 85.7 cm³/mol. The minimum atomic E-state index is -0.184. The first-order valence-corrected chi connectivity index (χ1v) is 8.02. The van der Waals surface area contributed by atoms with Crippen molar-refractivity contribution in [2.45, 2.75) is 44.2 Å². The minimum Gasteiger partial charge on any atom is -0.355 e. The standard InChI is InChI=1S/C17H23N3O2/c1-18-17(22)14-4-2-3-5-15(14)20-16(21)10-11-8-12-6-7-13(9-11)19-12/h2-5,11-13,19H,6-10H2,1H3,(H,18,22)(H,20,21). The summed E-state index contributed by atoms with van der Waals surface area (Å²) in [5.41, 5.74) is 1.09. The average Bonchev–Trinajstić information content (AvgIpc) is 2.85. The van der Waals surface area contributed by atoms with Crippen LogP contribution in [0.25, 0.3) is 0 Å². The van der Waals surface area contributed by atoms with E-state index in [1.807, 2.05) is 6.07 Å². The van der Waals surface area contributed by atoms with Gasteiger partial charge >= 0.3 is 0 Å². The van der Waals surface area contributed by atoms with E-state index in [2.05, 4.69) is 16.0 Å². The number of anilines is 1. The van der Waals surface area contributed by atoms with Crippen LogP contribution in [0.15, 0.2) is 24.3 Å². The summed E-state index contributed by atoms with van der Waals surface area (Å²) in [6.07, 6.45) is 5.18. The number of fused-ring (bicyclic) bond motifs is 2. The van der Waals surface area contributed by atoms with Gasteiger partial charge in [-0.2, -0.15) is 0 Å². The van der Waals surface area contributed by atoms with Crippen molar-refractivity contribution in [2.24, 2.45) is 5.92 Å². The Bertz CT molecular complexity index is 561. The van der Waals surface area contributed by atoms with E-state index in [-0.39, 0.29) is 11.8 Å². The van der Waals surface area contributed by atoms with Crippen molar-refractivity contribution < 1.29 is 9.59 Å². The number of benzene rings is 1. The molecule has 3 N–H and O–H groups in total. The van der Waals surface area contributed by atoms with Crippen molar-refractivity contribution in [3.63, 3.8) is 0 Å². The Balaban J connectivity index is 1.61. The number of hydrogen-bond donors (Lipinski definition) is 3. The lowest BCUT2D eigenvalue weighted by Gasteiger charge is -2.28. The zero-order valence-corrected chi connectivity index (χ0v) is 12.9. The maximum atomic E-state index is 12.3. The summed E-state index contributed by atoms with van der Waals surface area (Å²) in [6.45, 7) is 0. The van der Waals surface area contributed by atoms with E-state index in [0.717, 1.165) is 12.8 Å². The van der Waals surface area contributed by atoms with Crippen molar-refractivity contribution in [3.05, 3.63) is 29.8 Å². The topological polar surface area (TPSA) is 70.2 Å². The summed E-state index contributed by atoms with van der Waals surface area (Å²) in [5.74, 6) is 0.268. The Labute approximate surface area is 130 Å². The first-order valence-electron chi connectivity index (χ1n) is 8.02. The predicted octanol–water partition coefficient (Wildman–Crippen LogP) is 1.91. The number of rotatable bonds is 4. The van der Waals surface area contributed by atoms with Gasteiger partial charge in [0.2, 0.25) is 5.91 Å². The van der Waals surface area contributed by atoms with Crippen LogP contribution in [0.3, 0.4) is 0 Å². The van der Waals surface area contributed by atoms with E-state index in [1.165, 1.54) is 12.8 Å². The monoisotopic (exact) mass is 301 g/mol. The van der Waals surface area contributed by atoms with Gasteiger partial charge in [-0.1, -0.05) is 12.1 Å². The molecule has 2 heterocycles. The largest absolute Gasteiger partial charge is 0.355 e. The first-order chi connectivity index (χ1) is 10.7. The number of hydrogen-bond acceptors (Lipinski definition) is 3. The smallest absolute Gasteiger partial charge is 0.253 e. The van der Waals surface area contributed by atoms with E-state index in [1.54, 1.807) is 25.2 Å². The van der Waals surface area contributed by atoms with Crippen LogP contribution in [-0.2, 0) is 4.79 Å². The van der Waals surface area contributed by atoms with Crippen LogP contribution in [0.4, 0.5) is 5.69 Å². The summed E-state index contributed by atoms with van der Waals surface area (Å²) < 4.78 is 0. The molecule has 2 aliphatic rings. The second-order valence-corrected chi connectivity index (χ2v) is 6.35. The third-order valence-electron chi connectivity index (χ3n) is 4.72. The Kier molecular flexibility index (Phi) is 4.43. The van der Waals surface area contributed by atoms with Crippen molar-refractivity contribution in [2.75, 3.05) is 12.4 Å². The molecule has 3 rings (SSSR count). The molecule has 0 radical (unpaired) electrons. The molecule has 5 nitrogen and oxygen atoms in total. The van der Waals surface area contributed by atoms with Gasteiger partial charge in [-0.25, -0.2) is 0 Å². The molecular formula is C17H23N3O2. The van der Waals surface area contributed by atoms with Crippen molar-refractivity contribution in [3.8, 4) is 0 Å². The zero-order valence-electron chi connectivity index (χ0n) is 12.9. The van der Waals surface area contributed by atoms with Gasteiger partial charge in [0.15, 0.2) is 0 Å². The van der Waals surface area contributed by atoms with Crippen molar-refractivity contribution in [1.29, 1.82) is 0 Å². The molecule has 2 bridgehead atoms. The number of para-hydroxylation sites is 1. The van der Waals surface area contributed by atoms with Crippen LogP contribution < -0.4 is 16.0 Å². The minimum absolute atomic E-state index is 0.00246. The lowest BCUT2D eigenvalue weighted by Crippen LogP contribution is -2.39. The lowest BCUT2D eigenvalue weighted by molar-refractivity contribution is -0.117. The molecule has 5 heteroatoms. The number of carbonyl (C=O) groups is 2. The van der Waals surface area contributed by atoms with Crippen LogP contribution in [0, 0.1) is 5.92 Å². The van der Waals surface area contributed by atoms with Crippen LogP contribution in [-0.4, -0.2) is 30.9 Å². The molecule has 0 aliphatic carbocycles. The SMILES string of the molecule is CNC(=O)c1ccccc1NC(=O)CC1CC2CCC(C1)N2. The normalized spacial score (nSPS) is 26.5. The van der Waals surface area contributed by atoms with Crippen molar-refractivity contribution >= 4 is 17.5 Å². The molecule has 1 aromatic carbocycles. The number of amides is 2. The van der Waals surface area contributed by atoms with Crippen molar-refractivity contribution in [1.82, 2.24) is 10.6 Å². The third kappa shape index (κ3) is 3.30. The van der Waals surface area contributed by atoms with E-state index < -0.39 is 0 Å². The highest BCUT2D eigenvalue weighted by Crippen LogP contribution is 2.32. The number of piperidine rings is 1. The Hall–Kier alpha value is -1.88. The molecule has 2 fully saturated rings. The Morgan fingerprint density at radius 1 is 1.18 bits per heavy atom. The quantitative estimate of drug-likeness (QED) is 0.795. The van der Waals surface area contributed by atoms with E-state index in [0.29, 0.717) is 35.7 Å². The highest BCUT2D eigenvalue weighted by atomic mass is 16.2. The van der Waals surface area contributed by atoms with Crippen LogP contribution in [0.5, 0.6) is 0 Å². The van der Waals surface area contributed by atoms with E-state index >= 15 is 0 Å². The Morgan fingerprint density at radius 2 is 1.86 bits per heavy atom. The second kappa shape index (κ2) is 6.48. The Morgan fingerprint density at radius 3 is 2.55 bits per heavy atom. The maximum absolute atomic E-state index is 12.3. The molecule has 0 saturated carbocycles. The second-order valence-electron chi connectivity index (χ2n) is 6.35. The van der Waals surface area contributed by atoms with Gasteiger partial charge in [-0.05, 0) is 43.7 Å². The van der Waals surface area contributed by atoms with Gasteiger partial charge in [0.25, 0.3) is 5.91 Å². The first kappa shape index (κ1) is 15.0. The molecule has 2 unspecified atom stereocenters. The molecular weight excluding hydrogens is 278 g/mol. The van der Waals surface area contributed by atoms with Gasteiger partial charge in [0, 0.05) is 25.6 Å². The van der Waals surface area contributed by atoms with E-state index in [4.69, 9.17) is 0 Å². The van der Waals surface area contributed by atoms with Gasteiger partial charge in [0.1, 0.15) is 0 Å². The molecule has 22 heavy (non-hydrogen) atoms. The fourth-order valence-corrected chi connectivity index (χ4v) is 3.73. The van der Waals surface area contributed by atoms with Gasteiger partial charge in [-0.3, -0.25) is 9.59 Å². The average molecular weight is 301 g/mol. The van der Waals surface area contributed by atoms with Gasteiger partial charge in [-0.15, -0.1) is 0 Å². The fourth-order valence-electron chi connectivity index (χ4n) is 3.73. The number of nitrogens with one attached hydrogen (secondary N) is 3. The van der Waals surface area contributed by atoms with E-state index in [9.17, 15) is 9.59 Å². The lowest BCUT2D eigenvalue weighted by atomic mass is 9.89. The summed E-state index contributed by atoms with van der Waals surface area (Å²) >= 11 is 0. The molecule has 2 atom stereocenters. The summed E-state index contributed by atoms with van der Waals surface area (Å²) in [7, 11) is 1.59. The number of carbonyl (C=O) groups excluding carboxylic acids is 2. The van der Waals surface area contributed by atoms with Gasteiger partial charge in [0.05, 0.1) is 11.3 Å². The highest BCUT2D eigenvalue weighted by molar-refractivity contribution is 6.03. The fraction of sp³-hybridized carbons (Fsp3) is 0.529. The maximum Gasteiger partial charge on any atom is 0.253 e. The molecule has 1 aromatic rings. The molecule has 0 spiro atoms. The molecule has 2 saturated heterocycles. The summed E-state index contributed by atoms with van der Waals surface area (Å²) in [4.78, 5) is 24.1. The highest BCUT2D eigenvalue weighted by Gasteiger charge is 2.34. The molecule has 0 aromatic heterocycles. The van der Waals surface area contributed by atoms with Crippen LogP contribution >= 0.6 is 0 Å². The summed E-state index contributed by atoms with van der Waals surface area (Å²) in [5, 5.41) is 9.09. The molecule has 2 aliphatic heterocycles. The zero-order chi connectivity index (χ0) is 15.5. The third-order valence-corrected chi connectivity index (χ3v) is 4.72. The molecule has 118 valence electrons. The summed E-state index contributed by atoms with van der Waals surface area (Å²) in [6, 6.07) is 8.30. The van der Waals surface area contributed by atoms with Gasteiger partial charge < -0.3 is 16.0 Å². The molecule has 2 amide bonds.